The molecule has 0 aromatic rings. The number of hydrogen-bond donors (Lipinski definition) is 1. The highest BCUT2D eigenvalue weighted by molar-refractivity contribution is 6.08. The van der Waals surface area contributed by atoms with E-state index < -0.39 is 5.60 Å². The standard InChI is InChI=1S/C9H12O2/c1-5-6(2)8(10)9(4,11)7(5)3/h11H,3H2,1-2,4H3. The van der Waals surface area contributed by atoms with Crippen molar-refractivity contribution in [2.75, 3.05) is 0 Å². The SMILES string of the molecule is C=C1C(C)=C(C)C(=O)C1(C)O. The lowest BCUT2D eigenvalue weighted by molar-refractivity contribution is -0.127. The van der Waals surface area contributed by atoms with Gasteiger partial charge in [-0.15, -0.1) is 0 Å². The van der Waals surface area contributed by atoms with Crippen molar-refractivity contribution in [3.63, 3.8) is 0 Å². The fourth-order valence-corrected chi connectivity index (χ4v) is 1.26. The molecule has 1 unspecified atom stereocenters. The van der Waals surface area contributed by atoms with Gasteiger partial charge in [0.2, 0.25) is 0 Å². The van der Waals surface area contributed by atoms with Gasteiger partial charge in [0.25, 0.3) is 0 Å². The Balaban J connectivity index is 3.24. The highest BCUT2D eigenvalue weighted by atomic mass is 16.3. The molecule has 0 aromatic carbocycles. The van der Waals surface area contributed by atoms with Gasteiger partial charge in [-0.05, 0) is 37.5 Å². The van der Waals surface area contributed by atoms with Crippen LogP contribution < -0.4 is 0 Å². The van der Waals surface area contributed by atoms with Crippen LogP contribution in [0.2, 0.25) is 0 Å². The Bertz CT molecular complexity index is 243. The van der Waals surface area contributed by atoms with Gasteiger partial charge in [-0.25, -0.2) is 0 Å². The van der Waals surface area contributed by atoms with Crippen LogP contribution >= 0.6 is 0 Å². The van der Waals surface area contributed by atoms with Gasteiger partial charge < -0.3 is 5.11 Å². The van der Waals surface area contributed by atoms with Crippen molar-refractivity contribution < 1.29 is 9.90 Å². The molecule has 11 heavy (non-hydrogen) atoms. The lowest BCUT2D eigenvalue weighted by Gasteiger charge is -2.16. The molecule has 0 amide bonds. The second-order valence-electron chi connectivity index (χ2n) is 3.13. The number of rotatable bonds is 0. The zero-order valence-electron chi connectivity index (χ0n) is 7.06. The van der Waals surface area contributed by atoms with Crippen molar-refractivity contribution in [1.29, 1.82) is 0 Å². The maximum atomic E-state index is 11.3. The third kappa shape index (κ3) is 0.862. The maximum absolute atomic E-state index is 11.3. The quantitative estimate of drug-likeness (QED) is 0.566. The molecule has 1 atom stereocenters. The van der Waals surface area contributed by atoms with Gasteiger partial charge in [-0.2, -0.15) is 0 Å². The molecule has 1 N–H and O–H groups in total. The predicted molar refractivity (Wildman–Crippen MR) is 43.1 cm³/mol. The van der Waals surface area contributed by atoms with Gasteiger partial charge in [0, 0.05) is 0 Å². The van der Waals surface area contributed by atoms with Crippen molar-refractivity contribution in [3.8, 4) is 0 Å². The molecule has 0 aromatic heterocycles. The molecule has 0 aliphatic heterocycles. The molecule has 0 saturated carbocycles. The van der Waals surface area contributed by atoms with Crippen molar-refractivity contribution in [2.45, 2.75) is 26.4 Å². The van der Waals surface area contributed by atoms with Gasteiger partial charge in [0.1, 0.15) is 5.60 Å². The van der Waals surface area contributed by atoms with Gasteiger partial charge >= 0.3 is 0 Å². The van der Waals surface area contributed by atoms with E-state index in [1.807, 2.05) is 0 Å². The van der Waals surface area contributed by atoms with Gasteiger partial charge in [-0.3, -0.25) is 4.79 Å². The minimum Gasteiger partial charge on any atom is -0.377 e. The van der Waals surface area contributed by atoms with E-state index in [-0.39, 0.29) is 5.78 Å². The highest BCUT2D eigenvalue weighted by Crippen LogP contribution is 2.34. The summed E-state index contributed by atoms with van der Waals surface area (Å²) < 4.78 is 0. The smallest absolute Gasteiger partial charge is 0.194 e. The fourth-order valence-electron chi connectivity index (χ4n) is 1.26. The summed E-state index contributed by atoms with van der Waals surface area (Å²) in [5, 5.41) is 9.58. The molecule has 2 heteroatoms. The largest absolute Gasteiger partial charge is 0.377 e. The van der Waals surface area contributed by atoms with Crippen LogP contribution in [0.4, 0.5) is 0 Å². The Labute approximate surface area is 66.2 Å². The average Bonchev–Trinajstić information content (AvgIpc) is 2.06. The fraction of sp³-hybridized carbons (Fsp3) is 0.444. The summed E-state index contributed by atoms with van der Waals surface area (Å²) in [4.78, 5) is 11.3. The van der Waals surface area contributed by atoms with Crippen molar-refractivity contribution in [2.24, 2.45) is 0 Å². The van der Waals surface area contributed by atoms with E-state index in [2.05, 4.69) is 6.58 Å². The first-order chi connectivity index (χ1) is 4.89. The van der Waals surface area contributed by atoms with Crippen LogP contribution in [0.5, 0.6) is 0 Å². The Morgan fingerprint density at radius 1 is 1.36 bits per heavy atom. The predicted octanol–water partition coefficient (Wildman–Crippen LogP) is 1.21. The normalized spacial score (nSPS) is 32.0. The van der Waals surface area contributed by atoms with E-state index >= 15 is 0 Å². The number of carbonyl (C=O) groups excluding carboxylic acids is 1. The molecule has 60 valence electrons. The maximum Gasteiger partial charge on any atom is 0.194 e. The van der Waals surface area contributed by atoms with Crippen LogP contribution in [0.1, 0.15) is 20.8 Å². The zero-order valence-corrected chi connectivity index (χ0v) is 7.06. The molecule has 0 heterocycles. The van der Waals surface area contributed by atoms with E-state index in [1.165, 1.54) is 6.92 Å². The molecule has 1 aliphatic carbocycles. The lowest BCUT2D eigenvalue weighted by atomic mass is 9.96. The van der Waals surface area contributed by atoms with Gasteiger partial charge in [-0.1, -0.05) is 6.58 Å². The Morgan fingerprint density at radius 2 is 1.82 bits per heavy atom. The molecular weight excluding hydrogens is 140 g/mol. The summed E-state index contributed by atoms with van der Waals surface area (Å²) in [7, 11) is 0. The second kappa shape index (κ2) is 2.05. The third-order valence-corrected chi connectivity index (χ3v) is 2.39. The summed E-state index contributed by atoms with van der Waals surface area (Å²) in [6.45, 7) is 8.66. The second-order valence-corrected chi connectivity index (χ2v) is 3.13. The van der Waals surface area contributed by atoms with Crippen LogP contribution in [-0.2, 0) is 4.79 Å². The zero-order chi connectivity index (χ0) is 8.81. The van der Waals surface area contributed by atoms with Gasteiger partial charge in [0.05, 0.1) is 0 Å². The Morgan fingerprint density at radius 3 is 1.91 bits per heavy atom. The number of carbonyl (C=O) groups is 1. The summed E-state index contributed by atoms with van der Waals surface area (Å²) in [5.74, 6) is -0.222. The third-order valence-electron chi connectivity index (χ3n) is 2.39. The summed E-state index contributed by atoms with van der Waals surface area (Å²) in [6, 6.07) is 0. The number of Topliss-reactive ketones (excluding diaryl/α,β-unsaturated/α-hetero) is 1. The Kier molecular flexibility index (Phi) is 1.53. The number of aliphatic hydroxyl groups is 1. The van der Waals surface area contributed by atoms with E-state index in [4.69, 9.17) is 0 Å². The number of ketones is 1. The van der Waals surface area contributed by atoms with Crippen molar-refractivity contribution in [1.82, 2.24) is 0 Å². The minimum atomic E-state index is -1.35. The summed E-state index contributed by atoms with van der Waals surface area (Å²) >= 11 is 0. The summed E-state index contributed by atoms with van der Waals surface area (Å²) in [6.07, 6.45) is 0. The Hall–Kier alpha value is -0.890. The van der Waals surface area contributed by atoms with E-state index in [9.17, 15) is 9.90 Å². The van der Waals surface area contributed by atoms with E-state index in [0.717, 1.165) is 5.57 Å². The average molecular weight is 152 g/mol. The molecule has 2 nitrogen and oxygen atoms in total. The van der Waals surface area contributed by atoms with E-state index in [1.54, 1.807) is 13.8 Å². The van der Waals surface area contributed by atoms with Crippen molar-refractivity contribution >= 4 is 5.78 Å². The first-order valence-corrected chi connectivity index (χ1v) is 3.53. The molecule has 0 saturated heterocycles. The molecule has 1 aliphatic rings. The van der Waals surface area contributed by atoms with Crippen LogP contribution in [0, 0.1) is 0 Å². The van der Waals surface area contributed by atoms with Crippen LogP contribution in [0.3, 0.4) is 0 Å². The van der Waals surface area contributed by atoms with Crippen LogP contribution in [0.15, 0.2) is 23.3 Å². The van der Waals surface area contributed by atoms with E-state index in [0.29, 0.717) is 11.1 Å². The first-order valence-electron chi connectivity index (χ1n) is 3.53. The highest BCUT2D eigenvalue weighted by Gasteiger charge is 2.41. The lowest BCUT2D eigenvalue weighted by Crippen LogP contribution is -2.32. The molecule has 0 radical (unpaired) electrons. The van der Waals surface area contributed by atoms with Gasteiger partial charge in [0.15, 0.2) is 5.78 Å². The monoisotopic (exact) mass is 152 g/mol. The topological polar surface area (TPSA) is 37.3 Å². The summed E-state index contributed by atoms with van der Waals surface area (Å²) in [5.41, 5.74) is 0.619. The molecule has 0 fully saturated rings. The molecule has 0 bridgehead atoms. The molecular formula is C9H12O2. The van der Waals surface area contributed by atoms with Crippen molar-refractivity contribution in [3.05, 3.63) is 23.3 Å². The minimum absolute atomic E-state index is 0.222. The van der Waals surface area contributed by atoms with Crippen LogP contribution in [0.25, 0.3) is 0 Å². The van der Waals surface area contributed by atoms with Crippen LogP contribution in [-0.4, -0.2) is 16.5 Å². The molecule has 0 spiro atoms. The molecule has 1 rings (SSSR count). The first kappa shape index (κ1) is 8.21. The number of hydrogen-bond acceptors (Lipinski definition) is 2.